The lowest BCUT2D eigenvalue weighted by Gasteiger charge is -2.16. The Kier molecular flexibility index (Phi) is 4.36. The number of H-pyrrole nitrogens is 2. The Bertz CT molecular complexity index is 1060. The number of nitrogens with zero attached hydrogens (tertiary/aromatic N) is 3. The highest BCUT2D eigenvalue weighted by molar-refractivity contribution is 5.56. The van der Waals surface area contributed by atoms with Crippen molar-refractivity contribution in [2.24, 2.45) is 0 Å². The highest BCUT2D eigenvalue weighted by Gasteiger charge is 2.26. The van der Waals surface area contributed by atoms with Crippen LogP contribution in [0.1, 0.15) is 53.4 Å². The molecule has 0 atom stereocenters. The van der Waals surface area contributed by atoms with Gasteiger partial charge in [0.25, 0.3) is 5.56 Å². The van der Waals surface area contributed by atoms with Crippen LogP contribution in [0.2, 0.25) is 0 Å². The van der Waals surface area contributed by atoms with E-state index in [1.807, 2.05) is 12.1 Å². The maximum atomic E-state index is 12.3. The van der Waals surface area contributed by atoms with E-state index < -0.39 is 0 Å². The van der Waals surface area contributed by atoms with Crippen molar-refractivity contribution in [2.75, 3.05) is 7.05 Å². The molecule has 2 N–H and O–H groups in total. The molecule has 6 heteroatoms. The van der Waals surface area contributed by atoms with E-state index in [-0.39, 0.29) is 5.56 Å². The van der Waals surface area contributed by atoms with Crippen molar-refractivity contribution >= 4 is 0 Å². The Hall–Kier alpha value is -2.73. The Balaban J connectivity index is 1.31. The standard InChI is InChI=1S/C22H25N5O/c1-27(13-17-11-20(26-25-17)15-8-9-15)12-14-4-2-5-16(10-14)21-23-19-7-3-6-18(19)22(28)24-21/h2,4-5,10-11,15H,3,6-9,12-13H2,1H3,(H,25,26)(H,23,24,28). The van der Waals surface area contributed by atoms with E-state index in [1.54, 1.807) is 0 Å². The van der Waals surface area contributed by atoms with Gasteiger partial charge in [-0.3, -0.25) is 14.8 Å². The van der Waals surface area contributed by atoms with Gasteiger partial charge < -0.3 is 4.98 Å². The lowest BCUT2D eigenvalue weighted by atomic mass is 10.1. The molecule has 0 aliphatic heterocycles. The van der Waals surface area contributed by atoms with Crippen LogP contribution in [0.15, 0.2) is 35.1 Å². The van der Waals surface area contributed by atoms with Gasteiger partial charge in [-0.15, -0.1) is 0 Å². The molecular formula is C22H25N5O. The first-order valence-electron chi connectivity index (χ1n) is 10.1. The van der Waals surface area contributed by atoms with Crippen LogP contribution in [-0.4, -0.2) is 32.1 Å². The normalized spacial score (nSPS) is 15.9. The van der Waals surface area contributed by atoms with Crippen molar-refractivity contribution in [1.82, 2.24) is 25.1 Å². The molecule has 1 aromatic carbocycles. The second kappa shape index (κ2) is 7.02. The van der Waals surface area contributed by atoms with E-state index in [0.717, 1.165) is 54.9 Å². The van der Waals surface area contributed by atoms with Crippen LogP contribution in [0, 0.1) is 0 Å². The lowest BCUT2D eigenvalue weighted by Crippen LogP contribution is -2.18. The Labute approximate surface area is 164 Å². The van der Waals surface area contributed by atoms with Crippen molar-refractivity contribution in [1.29, 1.82) is 0 Å². The topological polar surface area (TPSA) is 77.7 Å². The first kappa shape index (κ1) is 17.4. The molecule has 5 rings (SSSR count). The molecule has 0 spiro atoms. The van der Waals surface area contributed by atoms with Gasteiger partial charge in [-0.05, 0) is 56.8 Å². The molecule has 2 heterocycles. The summed E-state index contributed by atoms with van der Waals surface area (Å²) in [5, 5.41) is 7.60. The molecule has 6 nitrogen and oxygen atoms in total. The number of hydrogen-bond donors (Lipinski definition) is 2. The number of aromatic amines is 2. The highest BCUT2D eigenvalue weighted by Crippen LogP contribution is 2.39. The zero-order valence-electron chi connectivity index (χ0n) is 16.2. The van der Waals surface area contributed by atoms with Gasteiger partial charge in [0.15, 0.2) is 0 Å². The predicted octanol–water partition coefficient (Wildman–Crippen LogP) is 3.16. The molecule has 2 aromatic heterocycles. The summed E-state index contributed by atoms with van der Waals surface area (Å²) in [5.41, 5.74) is 6.38. The van der Waals surface area contributed by atoms with Gasteiger partial charge in [-0.2, -0.15) is 5.10 Å². The molecule has 0 bridgehead atoms. The van der Waals surface area contributed by atoms with Crippen LogP contribution in [0.4, 0.5) is 0 Å². The summed E-state index contributed by atoms with van der Waals surface area (Å²) in [4.78, 5) is 22.3. The number of hydrogen-bond acceptors (Lipinski definition) is 4. The fraction of sp³-hybridized carbons (Fsp3) is 0.409. The van der Waals surface area contributed by atoms with E-state index in [1.165, 1.54) is 24.1 Å². The summed E-state index contributed by atoms with van der Waals surface area (Å²) in [6.07, 6.45) is 5.31. The van der Waals surface area contributed by atoms with Crippen LogP contribution < -0.4 is 5.56 Å². The van der Waals surface area contributed by atoms with E-state index in [0.29, 0.717) is 11.7 Å². The van der Waals surface area contributed by atoms with Crippen molar-refractivity contribution in [3.05, 3.63) is 68.9 Å². The molecule has 0 amide bonds. The van der Waals surface area contributed by atoms with Crippen LogP contribution in [0.25, 0.3) is 11.4 Å². The minimum atomic E-state index is 0.0192. The molecule has 2 aliphatic rings. The number of rotatable bonds is 6. The molecule has 0 saturated heterocycles. The van der Waals surface area contributed by atoms with Gasteiger partial charge in [-0.25, -0.2) is 4.98 Å². The zero-order valence-corrected chi connectivity index (χ0v) is 16.2. The van der Waals surface area contributed by atoms with Crippen LogP contribution >= 0.6 is 0 Å². The lowest BCUT2D eigenvalue weighted by molar-refractivity contribution is 0.315. The molecule has 144 valence electrons. The average molecular weight is 375 g/mol. The van der Waals surface area contributed by atoms with E-state index >= 15 is 0 Å². The third-order valence-corrected chi connectivity index (χ3v) is 5.68. The molecule has 0 radical (unpaired) electrons. The van der Waals surface area contributed by atoms with Crippen molar-refractivity contribution in [2.45, 2.75) is 51.1 Å². The van der Waals surface area contributed by atoms with E-state index in [4.69, 9.17) is 4.98 Å². The maximum absolute atomic E-state index is 12.3. The van der Waals surface area contributed by atoms with Crippen molar-refractivity contribution < 1.29 is 0 Å². The van der Waals surface area contributed by atoms with Gasteiger partial charge in [-0.1, -0.05) is 18.2 Å². The van der Waals surface area contributed by atoms with Crippen LogP contribution in [-0.2, 0) is 25.9 Å². The largest absolute Gasteiger partial charge is 0.306 e. The third-order valence-electron chi connectivity index (χ3n) is 5.68. The van der Waals surface area contributed by atoms with Gasteiger partial charge in [0.2, 0.25) is 0 Å². The summed E-state index contributed by atoms with van der Waals surface area (Å²) >= 11 is 0. The minimum absolute atomic E-state index is 0.0192. The molecule has 1 fully saturated rings. The molecule has 2 aliphatic carbocycles. The summed E-state index contributed by atoms with van der Waals surface area (Å²) in [5.74, 6) is 1.35. The number of fused-ring (bicyclic) bond motifs is 1. The summed E-state index contributed by atoms with van der Waals surface area (Å²) in [6.45, 7) is 1.65. The molecule has 28 heavy (non-hydrogen) atoms. The average Bonchev–Trinajstić information content (AvgIpc) is 3.23. The van der Waals surface area contributed by atoms with E-state index in [2.05, 4.69) is 45.3 Å². The quantitative estimate of drug-likeness (QED) is 0.694. The van der Waals surface area contributed by atoms with Gasteiger partial charge in [0, 0.05) is 35.8 Å². The second-order valence-electron chi connectivity index (χ2n) is 8.16. The molecule has 1 saturated carbocycles. The first-order chi connectivity index (χ1) is 13.7. The SMILES string of the molecule is CN(Cc1cccc(-c2nc3c(c(=O)[nH]2)CCC3)c1)Cc1cc(C2CC2)n[nH]1. The minimum Gasteiger partial charge on any atom is -0.306 e. The highest BCUT2D eigenvalue weighted by atomic mass is 16.1. The van der Waals surface area contributed by atoms with Gasteiger partial charge in [0.05, 0.1) is 11.4 Å². The smallest absolute Gasteiger partial charge is 0.254 e. The Morgan fingerprint density at radius 3 is 2.93 bits per heavy atom. The number of benzene rings is 1. The van der Waals surface area contributed by atoms with Crippen molar-refractivity contribution in [3.8, 4) is 11.4 Å². The fourth-order valence-corrected chi connectivity index (χ4v) is 4.10. The maximum Gasteiger partial charge on any atom is 0.254 e. The van der Waals surface area contributed by atoms with Crippen LogP contribution in [0.3, 0.4) is 0 Å². The second-order valence-corrected chi connectivity index (χ2v) is 8.16. The molecule has 0 unspecified atom stereocenters. The van der Waals surface area contributed by atoms with Gasteiger partial charge in [0.1, 0.15) is 5.82 Å². The summed E-state index contributed by atoms with van der Waals surface area (Å²) in [6, 6.07) is 10.5. The Morgan fingerprint density at radius 1 is 1.18 bits per heavy atom. The molecule has 3 aromatic rings. The number of aromatic nitrogens is 4. The fourth-order valence-electron chi connectivity index (χ4n) is 4.10. The number of aryl methyl sites for hydroxylation is 1. The predicted molar refractivity (Wildman–Crippen MR) is 108 cm³/mol. The van der Waals surface area contributed by atoms with Crippen LogP contribution in [0.5, 0.6) is 0 Å². The number of nitrogens with one attached hydrogen (secondary N) is 2. The first-order valence-corrected chi connectivity index (χ1v) is 10.1. The van der Waals surface area contributed by atoms with Crippen molar-refractivity contribution in [3.63, 3.8) is 0 Å². The molecular weight excluding hydrogens is 350 g/mol. The van der Waals surface area contributed by atoms with E-state index in [9.17, 15) is 4.79 Å². The third kappa shape index (κ3) is 3.52. The zero-order chi connectivity index (χ0) is 19.1. The van der Waals surface area contributed by atoms with Gasteiger partial charge >= 0.3 is 0 Å². The summed E-state index contributed by atoms with van der Waals surface area (Å²) in [7, 11) is 2.11. The summed E-state index contributed by atoms with van der Waals surface area (Å²) < 4.78 is 0. The monoisotopic (exact) mass is 375 g/mol. The Morgan fingerprint density at radius 2 is 2.07 bits per heavy atom.